The lowest BCUT2D eigenvalue weighted by Crippen LogP contribution is -2.18. The van der Waals surface area contributed by atoms with E-state index in [1.165, 1.54) is 0 Å². The van der Waals surface area contributed by atoms with Gasteiger partial charge in [-0.2, -0.15) is 15.0 Å². The molecule has 0 spiro atoms. The SMILES string of the molecule is CN(C)c1nc(Cl)nc(N(C)c2ccccc2)n1. The highest BCUT2D eigenvalue weighted by Gasteiger charge is 2.11. The Morgan fingerprint density at radius 2 is 1.50 bits per heavy atom. The molecule has 0 saturated carbocycles. The molecule has 1 heterocycles. The lowest BCUT2D eigenvalue weighted by atomic mass is 10.3. The zero-order chi connectivity index (χ0) is 13.1. The molecule has 0 bridgehead atoms. The van der Waals surface area contributed by atoms with Crippen LogP contribution in [0.15, 0.2) is 30.3 Å². The molecule has 0 unspecified atom stereocenters. The number of benzene rings is 1. The van der Waals surface area contributed by atoms with Crippen LogP contribution >= 0.6 is 11.6 Å². The first kappa shape index (κ1) is 12.6. The van der Waals surface area contributed by atoms with Gasteiger partial charge in [0.25, 0.3) is 0 Å². The van der Waals surface area contributed by atoms with Gasteiger partial charge in [-0.15, -0.1) is 0 Å². The van der Waals surface area contributed by atoms with Crippen molar-refractivity contribution >= 4 is 29.2 Å². The molecule has 0 saturated heterocycles. The number of aromatic nitrogens is 3. The van der Waals surface area contributed by atoms with Gasteiger partial charge in [-0.3, -0.25) is 0 Å². The van der Waals surface area contributed by atoms with Crippen molar-refractivity contribution in [3.63, 3.8) is 0 Å². The minimum Gasteiger partial charge on any atom is -0.347 e. The Morgan fingerprint density at radius 3 is 2.11 bits per heavy atom. The van der Waals surface area contributed by atoms with Gasteiger partial charge >= 0.3 is 0 Å². The second-order valence-corrected chi connectivity index (χ2v) is 4.33. The fourth-order valence-corrected chi connectivity index (χ4v) is 1.60. The number of halogens is 1. The van der Waals surface area contributed by atoms with E-state index in [-0.39, 0.29) is 5.28 Å². The van der Waals surface area contributed by atoms with Crippen molar-refractivity contribution in [3.05, 3.63) is 35.6 Å². The van der Waals surface area contributed by atoms with Crippen LogP contribution in [0.25, 0.3) is 0 Å². The van der Waals surface area contributed by atoms with E-state index in [1.807, 2.05) is 56.4 Å². The summed E-state index contributed by atoms with van der Waals surface area (Å²) < 4.78 is 0. The third kappa shape index (κ3) is 2.68. The minimum atomic E-state index is 0.187. The van der Waals surface area contributed by atoms with E-state index >= 15 is 0 Å². The largest absolute Gasteiger partial charge is 0.347 e. The highest BCUT2D eigenvalue weighted by molar-refractivity contribution is 6.28. The molecule has 0 aliphatic rings. The maximum Gasteiger partial charge on any atom is 0.235 e. The maximum absolute atomic E-state index is 5.91. The Bertz CT molecular complexity index is 529. The lowest BCUT2D eigenvalue weighted by Gasteiger charge is -2.18. The van der Waals surface area contributed by atoms with Crippen LogP contribution in [0.4, 0.5) is 17.6 Å². The molecular weight excluding hydrogens is 250 g/mol. The molecule has 0 radical (unpaired) electrons. The summed E-state index contributed by atoms with van der Waals surface area (Å²) in [6.07, 6.45) is 0. The number of hydrogen-bond donors (Lipinski definition) is 0. The molecule has 0 N–H and O–H groups in total. The summed E-state index contributed by atoms with van der Waals surface area (Å²) in [5.41, 5.74) is 0.990. The second-order valence-electron chi connectivity index (χ2n) is 3.99. The van der Waals surface area contributed by atoms with Gasteiger partial charge in [0.1, 0.15) is 0 Å². The molecule has 2 rings (SSSR count). The summed E-state index contributed by atoms with van der Waals surface area (Å²) in [4.78, 5) is 16.2. The monoisotopic (exact) mass is 263 g/mol. The molecule has 0 aliphatic carbocycles. The maximum atomic E-state index is 5.91. The van der Waals surface area contributed by atoms with E-state index in [2.05, 4.69) is 15.0 Å². The van der Waals surface area contributed by atoms with E-state index in [0.29, 0.717) is 11.9 Å². The van der Waals surface area contributed by atoms with Crippen LogP contribution in [-0.4, -0.2) is 36.1 Å². The Hall–Kier alpha value is -1.88. The van der Waals surface area contributed by atoms with Crippen LogP contribution in [0, 0.1) is 0 Å². The van der Waals surface area contributed by atoms with Crippen molar-refractivity contribution < 1.29 is 0 Å². The van der Waals surface area contributed by atoms with E-state index in [4.69, 9.17) is 11.6 Å². The fraction of sp³-hybridized carbons (Fsp3) is 0.250. The summed E-state index contributed by atoms with van der Waals surface area (Å²) in [6, 6.07) is 9.84. The highest BCUT2D eigenvalue weighted by Crippen LogP contribution is 2.21. The summed E-state index contributed by atoms with van der Waals surface area (Å²) in [5.74, 6) is 1.05. The first-order valence-corrected chi connectivity index (χ1v) is 5.83. The van der Waals surface area contributed by atoms with Crippen LogP contribution in [-0.2, 0) is 0 Å². The average Bonchev–Trinajstić information content (AvgIpc) is 2.38. The molecule has 6 heteroatoms. The van der Waals surface area contributed by atoms with Crippen LogP contribution in [0.2, 0.25) is 5.28 Å². The van der Waals surface area contributed by atoms with Crippen molar-refractivity contribution in [2.24, 2.45) is 0 Å². The number of rotatable bonds is 3. The second kappa shape index (κ2) is 5.18. The minimum absolute atomic E-state index is 0.187. The summed E-state index contributed by atoms with van der Waals surface area (Å²) in [6.45, 7) is 0. The van der Waals surface area contributed by atoms with E-state index in [9.17, 15) is 0 Å². The molecule has 1 aromatic carbocycles. The molecular formula is C12H14ClN5. The predicted octanol–water partition coefficient (Wildman–Crippen LogP) is 2.36. The van der Waals surface area contributed by atoms with Gasteiger partial charge in [0, 0.05) is 26.8 Å². The van der Waals surface area contributed by atoms with Crippen molar-refractivity contribution in [2.45, 2.75) is 0 Å². The number of nitrogens with zero attached hydrogens (tertiary/aromatic N) is 5. The van der Waals surface area contributed by atoms with Gasteiger partial charge in [0.2, 0.25) is 17.2 Å². The summed E-state index contributed by atoms with van der Waals surface area (Å²) >= 11 is 5.91. The summed E-state index contributed by atoms with van der Waals surface area (Å²) in [5, 5.41) is 0.187. The zero-order valence-electron chi connectivity index (χ0n) is 10.5. The van der Waals surface area contributed by atoms with Crippen molar-refractivity contribution in [2.75, 3.05) is 30.9 Å². The Morgan fingerprint density at radius 1 is 0.889 bits per heavy atom. The molecule has 0 atom stereocenters. The number of anilines is 3. The molecule has 1 aromatic heterocycles. The average molecular weight is 264 g/mol. The van der Waals surface area contributed by atoms with Crippen LogP contribution in [0.5, 0.6) is 0 Å². The van der Waals surface area contributed by atoms with Crippen molar-refractivity contribution in [3.8, 4) is 0 Å². The molecule has 2 aromatic rings. The van der Waals surface area contributed by atoms with Gasteiger partial charge in [0.15, 0.2) is 0 Å². The highest BCUT2D eigenvalue weighted by atomic mass is 35.5. The zero-order valence-corrected chi connectivity index (χ0v) is 11.3. The Kier molecular flexibility index (Phi) is 3.62. The third-order valence-electron chi connectivity index (χ3n) is 2.43. The normalized spacial score (nSPS) is 10.2. The Balaban J connectivity index is 2.39. The predicted molar refractivity (Wildman–Crippen MR) is 73.7 cm³/mol. The number of para-hydroxylation sites is 1. The lowest BCUT2D eigenvalue weighted by molar-refractivity contribution is 0.931. The summed E-state index contributed by atoms with van der Waals surface area (Å²) in [7, 11) is 5.61. The standard InChI is InChI=1S/C12H14ClN5/c1-17(2)11-14-10(13)15-12(16-11)18(3)9-7-5-4-6-8-9/h4-8H,1-3H3. The molecule has 0 aliphatic heterocycles. The molecule has 18 heavy (non-hydrogen) atoms. The fourth-order valence-electron chi connectivity index (χ4n) is 1.45. The topological polar surface area (TPSA) is 45.2 Å². The molecule has 5 nitrogen and oxygen atoms in total. The van der Waals surface area contributed by atoms with Gasteiger partial charge in [-0.1, -0.05) is 18.2 Å². The van der Waals surface area contributed by atoms with Crippen LogP contribution in [0.1, 0.15) is 0 Å². The smallest absolute Gasteiger partial charge is 0.235 e. The van der Waals surface area contributed by atoms with Crippen LogP contribution < -0.4 is 9.80 Å². The van der Waals surface area contributed by atoms with E-state index < -0.39 is 0 Å². The van der Waals surface area contributed by atoms with Crippen LogP contribution in [0.3, 0.4) is 0 Å². The van der Waals surface area contributed by atoms with Crippen molar-refractivity contribution in [1.29, 1.82) is 0 Å². The first-order valence-electron chi connectivity index (χ1n) is 5.45. The molecule has 0 fully saturated rings. The third-order valence-corrected chi connectivity index (χ3v) is 2.60. The quantitative estimate of drug-likeness (QED) is 0.851. The van der Waals surface area contributed by atoms with E-state index in [0.717, 1.165) is 5.69 Å². The van der Waals surface area contributed by atoms with E-state index in [1.54, 1.807) is 4.90 Å². The number of hydrogen-bond acceptors (Lipinski definition) is 5. The molecule has 94 valence electrons. The van der Waals surface area contributed by atoms with Crippen molar-refractivity contribution in [1.82, 2.24) is 15.0 Å². The Labute approximate surface area is 111 Å². The van der Waals surface area contributed by atoms with Gasteiger partial charge in [0.05, 0.1) is 0 Å². The first-order chi connectivity index (χ1) is 8.58. The van der Waals surface area contributed by atoms with Gasteiger partial charge in [-0.25, -0.2) is 0 Å². The molecule has 0 amide bonds. The van der Waals surface area contributed by atoms with Gasteiger partial charge in [-0.05, 0) is 23.7 Å². The van der Waals surface area contributed by atoms with Gasteiger partial charge < -0.3 is 9.80 Å².